The lowest BCUT2D eigenvalue weighted by Crippen LogP contribution is -2.58. The van der Waals surface area contributed by atoms with Crippen molar-refractivity contribution in [3.8, 4) is 0 Å². The summed E-state index contributed by atoms with van der Waals surface area (Å²) < 4.78 is 16.7. The average Bonchev–Trinajstić information content (AvgIpc) is 2.98. The fraction of sp³-hybridized carbons (Fsp3) is 0.652. The Kier molecular flexibility index (Phi) is 6.16. The van der Waals surface area contributed by atoms with Gasteiger partial charge in [-0.3, -0.25) is 4.90 Å². The lowest BCUT2D eigenvalue weighted by atomic mass is 9.64. The van der Waals surface area contributed by atoms with E-state index < -0.39 is 34.9 Å². The maximum atomic E-state index is 13.1. The normalized spacial score (nSPS) is 31.2. The molecule has 1 aromatic rings. The molecule has 30 heavy (non-hydrogen) atoms. The van der Waals surface area contributed by atoms with E-state index in [1.54, 1.807) is 34.6 Å². The predicted molar refractivity (Wildman–Crippen MR) is 111 cm³/mol. The van der Waals surface area contributed by atoms with Gasteiger partial charge in [-0.05, 0) is 53.0 Å². The van der Waals surface area contributed by atoms with E-state index in [9.17, 15) is 14.7 Å². The molecule has 1 amide bonds. The van der Waals surface area contributed by atoms with Crippen molar-refractivity contribution < 1.29 is 28.9 Å². The van der Waals surface area contributed by atoms with Crippen LogP contribution in [-0.2, 0) is 25.4 Å². The molecule has 2 aliphatic heterocycles. The molecule has 1 unspecified atom stereocenters. The van der Waals surface area contributed by atoms with Crippen LogP contribution >= 0.6 is 0 Å². The molecule has 0 aliphatic carbocycles. The first-order valence-electron chi connectivity index (χ1n) is 10.6. The zero-order valence-electron chi connectivity index (χ0n) is 18.5. The van der Waals surface area contributed by atoms with Gasteiger partial charge in [0.05, 0.1) is 18.6 Å². The Morgan fingerprint density at radius 1 is 1.27 bits per heavy atom. The standard InChI is InChI=1S/C23H33NO6/c1-6-28-19(25)18-17-12-13-29-22(5,27)23(17,14-16-10-8-7-9-11-16)15-24(18)20(26)30-21(2,3)4/h7-11,17-18,27H,6,12-15H2,1-5H3/t17-,18+,22?,23+/m1/s1. The molecule has 2 saturated heterocycles. The van der Waals surface area contributed by atoms with Crippen molar-refractivity contribution >= 4 is 12.1 Å². The molecule has 2 fully saturated rings. The SMILES string of the molecule is CCOC(=O)[C@@H]1[C@H]2CCOC(C)(O)[C@@]2(Cc2ccccc2)CN1C(=O)OC(C)(C)C. The monoisotopic (exact) mass is 419 g/mol. The smallest absolute Gasteiger partial charge is 0.411 e. The van der Waals surface area contributed by atoms with Crippen LogP contribution < -0.4 is 0 Å². The molecule has 2 aliphatic rings. The Labute approximate surface area is 178 Å². The molecule has 0 bridgehead atoms. The Balaban J connectivity index is 2.06. The van der Waals surface area contributed by atoms with E-state index in [2.05, 4.69) is 0 Å². The molecule has 0 saturated carbocycles. The molecule has 0 radical (unpaired) electrons. The van der Waals surface area contributed by atoms with Gasteiger partial charge >= 0.3 is 12.1 Å². The third-order valence-corrected chi connectivity index (χ3v) is 6.13. The number of hydrogen-bond donors (Lipinski definition) is 1. The fourth-order valence-electron chi connectivity index (χ4n) is 4.82. The highest BCUT2D eigenvalue weighted by molar-refractivity contribution is 5.83. The van der Waals surface area contributed by atoms with Crippen LogP contribution in [0.25, 0.3) is 0 Å². The van der Waals surface area contributed by atoms with Gasteiger partial charge in [-0.1, -0.05) is 30.3 Å². The van der Waals surface area contributed by atoms with Crippen LogP contribution in [0.4, 0.5) is 4.79 Å². The van der Waals surface area contributed by atoms with Crippen molar-refractivity contribution in [1.29, 1.82) is 0 Å². The summed E-state index contributed by atoms with van der Waals surface area (Å²) in [6, 6.07) is 8.92. The van der Waals surface area contributed by atoms with E-state index in [-0.39, 0.29) is 19.1 Å². The van der Waals surface area contributed by atoms with Crippen LogP contribution in [0.1, 0.15) is 46.6 Å². The second kappa shape index (κ2) is 8.19. The van der Waals surface area contributed by atoms with Gasteiger partial charge in [0.1, 0.15) is 11.6 Å². The number of aliphatic hydroxyl groups is 1. The predicted octanol–water partition coefficient (Wildman–Crippen LogP) is 3.14. The summed E-state index contributed by atoms with van der Waals surface area (Å²) in [6.45, 7) is 9.36. The number of rotatable bonds is 4. The van der Waals surface area contributed by atoms with Crippen molar-refractivity contribution in [3.05, 3.63) is 35.9 Å². The molecule has 3 rings (SSSR count). The highest BCUT2D eigenvalue weighted by atomic mass is 16.6. The van der Waals surface area contributed by atoms with E-state index in [4.69, 9.17) is 14.2 Å². The minimum absolute atomic E-state index is 0.137. The summed E-state index contributed by atoms with van der Waals surface area (Å²) in [4.78, 5) is 27.5. The average molecular weight is 420 g/mol. The summed E-state index contributed by atoms with van der Waals surface area (Å²) in [5.74, 6) is -2.32. The lowest BCUT2D eigenvalue weighted by Gasteiger charge is -2.49. The number of hydrogen-bond acceptors (Lipinski definition) is 6. The van der Waals surface area contributed by atoms with Gasteiger partial charge in [0, 0.05) is 12.5 Å². The zero-order chi connectivity index (χ0) is 22.2. The zero-order valence-corrected chi connectivity index (χ0v) is 18.5. The van der Waals surface area contributed by atoms with Gasteiger partial charge in [-0.15, -0.1) is 0 Å². The van der Waals surface area contributed by atoms with E-state index in [0.717, 1.165) is 5.56 Å². The van der Waals surface area contributed by atoms with E-state index in [0.29, 0.717) is 19.4 Å². The number of likely N-dealkylation sites (tertiary alicyclic amines) is 1. The van der Waals surface area contributed by atoms with Crippen LogP contribution in [-0.4, -0.2) is 59.3 Å². The highest BCUT2D eigenvalue weighted by Crippen LogP contribution is 2.55. The Morgan fingerprint density at radius 3 is 2.53 bits per heavy atom. The first kappa shape index (κ1) is 22.6. The van der Waals surface area contributed by atoms with Crippen molar-refractivity contribution in [2.24, 2.45) is 11.3 Å². The largest absolute Gasteiger partial charge is 0.464 e. The van der Waals surface area contributed by atoms with Crippen LogP contribution in [0.3, 0.4) is 0 Å². The van der Waals surface area contributed by atoms with Gasteiger partial charge < -0.3 is 19.3 Å². The van der Waals surface area contributed by atoms with Crippen molar-refractivity contribution in [1.82, 2.24) is 4.90 Å². The third kappa shape index (κ3) is 4.18. The molecule has 0 spiro atoms. The topological polar surface area (TPSA) is 85.3 Å². The summed E-state index contributed by atoms with van der Waals surface area (Å²) in [7, 11) is 0. The molecule has 4 atom stereocenters. The number of carbonyl (C=O) groups is 2. The number of fused-ring (bicyclic) bond motifs is 1. The molecule has 7 heteroatoms. The van der Waals surface area contributed by atoms with Gasteiger partial charge in [-0.2, -0.15) is 0 Å². The quantitative estimate of drug-likeness (QED) is 0.755. The van der Waals surface area contributed by atoms with E-state index >= 15 is 0 Å². The number of nitrogens with zero attached hydrogens (tertiary/aromatic N) is 1. The Morgan fingerprint density at radius 2 is 1.93 bits per heavy atom. The number of ether oxygens (including phenoxy) is 3. The maximum Gasteiger partial charge on any atom is 0.411 e. The van der Waals surface area contributed by atoms with Crippen molar-refractivity contribution in [3.63, 3.8) is 0 Å². The molecule has 2 heterocycles. The number of esters is 1. The molecular weight excluding hydrogens is 386 g/mol. The van der Waals surface area contributed by atoms with Crippen LogP contribution in [0.5, 0.6) is 0 Å². The second-order valence-corrected chi connectivity index (χ2v) is 9.35. The molecular formula is C23H33NO6. The second-order valence-electron chi connectivity index (χ2n) is 9.35. The number of amides is 1. The first-order valence-corrected chi connectivity index (χ1v) is 10.6. The maximum absolute atomic E-state index is 13.1. The van der Waals surface area contributed by atoms with E-state index in [1.165, 1.54) is 4.90 Å². The number of benzene rings is 1. The number of carbonyl (C=O) groups excluding carboxylic acids is 2. The van der Waals surface area contributed by atoms with Gasteiger partial charge in [-0.25, -0.2) is 9.59 Å². The Bertz CT molecular complexity index is 772. The van der Waals surface area contributed by atoms with Crippen LogP contribution in [0.15, 0.2) is 30.3 Å². The first-order chi connectivity index (χ1) is 14.0. The van der Waals surface area contributed by atoms with Crippen LogP contribution in [0.2, 0.25) is 0 Å². The molecule has 0 aromatic heterocycles. The molecule has 166 valence electrons. The molecule has 7 nitrogen and oxygen atoms in total. The van der Waals surface area contributed by atoms with Crippen molar-refractivity contribution in [2.45, 2.75) is 64.9 Å². The minimum Gasteiger partial charge on any atom is -0.464 e. The van der Waals surface area contributed by atoms with Gasteiger partial charge in [0.2, 0.25) is 0 Å². The summed E-state index contributed by atoms with van der Waals surface area (Å²) >= 11 is 0. The highest BCUT2D eigenvalue weighted by Gasteiger charge is 2.66. The van der Waals surface area contributed by atoms with Crippen LogP contribution in [0, 0.1) is 11.3 Å². The summed E-state index contributed by atoms with van der Waals surface area (Å²) in [6.07, 6.45) is 0.408. The molecule has 1 N–H and O–H groups in total. The minimum atomic E-state index is -1.52. The van der Waals surface area contributed by atoms with E-state index in [1.807, 2.05) is 30.3 Å². The third-order valence-electron chi connectivity index (χ3n) is 6.13. The summed E-state index contributed by atoms with van der Waals surface area (Å²) in [5.41, 5.74) is -0.585. The Hall–Kier alpha value is -2.12. The summed E-state index contributed by atoms with van der Waals surface area (Å²) in [5, 5.41) is 11.4. The lowest BCUT2D eigenvalue weighted by molar-refractivity contribution is -0.294. The van der Waals surface area contributed by atoms with Crippen molar-refractivity contribution in [2.75, 3.05) is 19.8 Å². The molecule has 1 aromatic carbocycles. The van der Waals surface area contributed by atoms with Gasteiger partial charge in [0.25, 0.3) is 0 Å². The van der Waals surface area contributed by atoms with Gasteiger partial charge in [0.15, 0.2) is 5.79 Å². The fourth-order valence-corrected chi connectivity index (χ4v) is 4.82.